The maximum absolute atomic E-state index is 12.9. The molecule has 0 saturated heterocycles. The minimum atomic E-state index is -0.0436. The lowest BCUT2D eigenvalue weighted by Gasteiger charge is -2.28. The molecule has 0 aliphatic carbocycles. The average Bonchev–Trinajstić information content (AvgIpc) is 2.79. The first-order chi connectivity index (χ1) is 14.3. The molecule has 0 saturated carbocycles. The van der Waals surface area contributed by atoms with Crippen LogP contribution in [0.25, 0.3) is 10.9 Å². The number of anilines is 2. The van der Waals surface area contributed by atoms with Crippen LogP contribution in [0.3, 0.4) is 0 Å². The Morgan fingerprint density at radius 3 is 2.55 bits per heavy atom. The smallest absolute Gasteiger partial charge is 0.257 e. The highest BCUT2D eigenvalue weighted by Gasteiger charge is 2.22. The van der Waals surface area contributed by atoms with E-state index < -0.39 is 0 Å². The number of hydrogen-bond donors (Lipinski definition) is 1. The van der Waals surface area contributed by atoms with E-state index in [-0.39, 0.29) is 5.91 Å². The van der Waals surface area contributed by atoms with Gasteiger partial charge in [-0.3, -0.25) is 9.78 Å². The van der Waals surface area contributed by atoms with Gasteiger partial charge in [0.05, 0.1) is 16.8 Å². The van der Waals surface area contributed by atoms with E-state index in [0.29, 0.717) is 24.6 Å². The van der Waals surface area contributed by atoms with Crippen LogP contribution in [0.15, 0.2) is 73.2 Å². The predicted octanol–water partition coefficient (Wildman–Crippen LogP) is 3.97. The van der Waals surface area contributed by atoms with Crippen molar-refractivity contribution < 1.29 is 4.79 Å². The average molecular weight is 381 g/mol. The van der Waals surface area contributed by atoms with Crippen molar-refractivity contribution in [3.63, 3.8) is 0 Å². The molecule has 6 heteroatoms. The Labute approximate surface area is 168 Å². The lowest BCUT2D eigenvalue weighted by molar-refractivity contribution is 0.0734. The summed E-state index contributed by atoms with van der Waals surface area (Å²) in [7, 11) is 0. The number of nitrogens with one attached hydrogen (secondary N) is 1. The van der Waals surface area contributed by atoms with Crippen LogP contribution in [-0.4, -0.2) is 32.3 Å². The molecule has 1 aliphatic heterocycles. The first-order valence-corrected chi connectivity index (χ1v) is 9.57. The molecule has 142 valence electrons. The molecule has 0 unspecified atom stereocenters. The minimum Gasteiger partial charge on any atom is -0.334 e. The first-order valence-electron chi connectivity index (χ1n) is 9.57. The molecule has 1 amide bonds. The van der Waals surface area contributed by atoms with Crippen LogP contribution in [-0.2, 0) is 13.0 Å². The number of para-hydroxylation sites is 1. The number of pyridine rings is 1. The number of benzene rings is 2. The van der Waals surface area contributed by atoms with E-state index in [9.17, 15) is 4.79 Å². The first kappa shape index (κ1) is 17.3. The van der Waals surface area contributed by atoms with Crippen LogP contribution in [0.5, 0.6) is 0 Å². The Bertz CT molecular complexity index is 1180. The third-order valence-corrected chi connectivity index (χ3v) is 5.20. The fourth-order valence-electron chi connectivity index (χ4n) is 3.68. The van der Waals surface area contributed by atoms with E-state index >= 15 is 0 Å². The Balaban J connectivity index is 1.33. The lowest BCUT2D eigenvalue weighted by Crippen LogP contribution is -2.36. The van der Waals surface area contributed by atoms with Gasteiger partial charge in [-0.25, -0.2) is 9.97 Å². The molecule has 4 aromatic rings. The fraction of sp³-hybridized carbons (Fsp3) is 0.130. The summed E-state index contributed by atoms with van der Waals surface area (Å²) in [5.74, 6) is 0.390. The van der Waals surface area contributed by atoms with Crippen LogP contribution in [0.4, 0.5) is 11.6 Å². The largest absolute Gasteiger partial charge is 0.334 e. The Kier molecular flexibility index (Phi) is 4.37. The molecule has 6 nitrogen and oxygen atoms in total. The number of fused-ring (bicyclic) bond motifs is 2. The second-order valence-electron chi connectivity index (χ2n) is 7.05. The third-order valence-electron chi connectivity index (χ3n) is 5.20. The normalized spacial score (nSPS) is 13.2. The summed E-state index contributed by atoms with van der Waals surface area (Å²) in [6.45, 7) is 1.33. The molecule has 0 spiro atoms. The number of carbonyl (C=O) groups excluding carboxylic acids is 1. The van der Waals surface area contributed by atoms with Crippen molar-refractivity contribution in [2.45, 2.75) is 13.0 Å². The molecule has 5 rings (SSSR count). The van der Waals surface area contributed by atoms with E-state index in [4.69, 9.17) is 0 Å². The molecule has 2 aromatic heterocycles. The van der Waals surface area contributed by atoms with Crippen molar-refractivity contribution in [2.24, 2.45) is 0 Å². The second-order valence-corrected chi connectivity index (χ2v) is 7.05. The van der Waals surface area contributed by atoms with Gasteiger partial charge in [0.1, 0.15) is 0 Å². The summed E-state index contributed by atoms with van der Waals surface area (Å²) >= 11 is 0. The zero-order valence-corrected chi connectivity index (χ0v) is 15.7. The number of hydrogen-bond acceptors (Lipinski definition) is 5. The maximum atomic E-state index is 12.9. The Morgan fingerprint density at radius 1 is 0.897 bits per heavy atom. The highest BCUT2D eigenvalue weighted by Crippen LogP contribution is 2.23. The highest BCUT2D eigenvalue weighted by atomic mass is 16.2. The molecule has 2 aromatic carbocycles. The van der Waals surface area contributed by atoms with E-state index in [1.165, 1.54) is 11.1 Å². The van der Waals surface area contributed by atoms with Crippen LogP contribution >= 0.6 is 0 Å². The molecule has 29 heavy (non-hydrogen) atoms. The summed E-state index contributed by atoms with van der Waals surface area (Å²) in [5, 5.41) is 4.23. The lowest BCUT2D eigenvalue weighted by atomic mass is 9.99. The number of nitrogens with zero attached hydrogens (tertiary/aromatic N) is 4. The summed E-state index contributed by atoms with van der Waals surface area (Å²) < 4.78 is 0. The van der Waals surface area contributed by atoms with Crippen LogP contribution in [0, 0.1) is 0 Å². The van der Waals surface area contributed by atoms with Crippen molar-refractivity contribution >= 4 is 28.4 Å². The monoisotopic (exact) mass is 381 g/mol. The molecular formula is C23H19N5O. The molecule has 1 aliphatic rings. The van der Waals surface area contributed by atoms with Gasteiger partial charge in [-0.15, -0.1) is 0 Å². The van der Waals surface area contributed by atoms with Gasteiger partial charge < -0.3 is 10.2 Å². The molecule has 0 fully saturated rings. The third kappa shape index (κ3) is 3.40. The van der Waals surface area contributed by atoms with Crippen LogP contribution < -0.4 is 5.32 Å². The minimum absolute atomic E-state index is 0.0436. The van der Waals surface area contributed by atoms with E-state index in [0.717, 1.165) is 23.0 Å². The van der Waals surface area contributed by atoms with E-state index in [1.807, 2.05) is 47.4 Å². The van der Waals surface area contributed by atoms with Gasteiger partial charge in [0.15, 0.2) is 0 Å². The summed E-state index contributed by atoms with van der Waals surface area (Å²) in [5.41, 5.74) is 4.69. The highest BCUT2D eigenvalue weighted by molar-refractivity contribution is 5.94. The Hall–Kier alpha value is -3.80. The van der Waals surface area contributed by atoms with Crippen molar-refractivity contribution in [3.8, 4) is 0 Å². The standard InChI is InChI=1S/C23H19N5O/c29-22(28-12-10-16-5-1-2-6-18(16)15-28)19-13-25-23(26-14-19)27-20-9-3-7-17-8-4-11-24-21(17)20/h1-9,11,13-14H,10,12,15H2,(H,25,26,27). The van der Waals surface area contributed by atoms with Crippen molar-refractivity contribution in [2.75, 3.05) is 11.9 Å². The zero-order chi connectivity index (χ0) is 19.6. The topological polar surface area (TPSA) is 71.0 Å². The SMILES string of the molecule is O=C(c1cnc(Nc2cccc3cccnc23)nc1)N1CCc2ccccc2C1. The molecular weight excluding hydrogens is 362 g/mol. The number of amides is 1. The van der Waals surface area contributed by atoms with Crippen molar-refractivity contribution in [1.29, 1.82) is 0 Å². The maximum Gasteiger partial charge on any atom is 0.257 e. The van der Waals surface area contributed by atoms with Gasteiger partial charge in [0.25, 0.3) is 5.91 Å². The molecule has 0 bridgehead atoms. The van der Waals surface area contributed by atoms with E-state index in [2.05, 4.69) is 32.4 Å². The van der Waals surface area contributed by atoms with Gasteiger partial charge in [-0.1, -0.05) is 42.5 Å². The molecule has 0 atom stereocenters. The molecule has 0 radical (unpaired) electrons. The molecule has 1 N–H and O–H groups in total. The van der Waals surface area contributed by atoms with Crippen molar-refractivity contribution in [1.82, 2.24) is 19.9 Å². The van der Waals surface area contributed by atoms with Gasteiger partial charge in [-0.2, -0.15) is 0 Å². The second kappa shape index (κ2) is 7.31. The van der Waals surface area contributed by atoms with Gasteiger partial charge in [0.2, 0.25) is 5.95 Å². The Morgan fingerprint density at radius 2 is 1.69 bits per heavy atom. The van der Waals surface area contributed by atoms with Crippen LogP contribution in [0.2, 0.25) is 0 Å². The number of rotatable bonds is 3. The van der Waals surface area contributed by atoms with Gasteiger partial charge in [0, 0.05) is 37.1 Å². The quantitative estimate of drug-likeness (QED) is 0.581. The fourth-order valence-corrected chi connectivity index (χ4v) is 3.68. The van der Waals surface area contributed by atoms with Crippen LogP contribution in [0.1, 0.15) is 21.5 Å². The summed E-state index contributed by atoms with van der Waals surface area (Å²) in [6, 6.07) is 18.1. The summed E-state index contributed by atoms with van der Waals surface area (Å²) in [6.07, 6.45) is 5.79. The molecule has 3 heterocycles. The summed E-state index contributed by atoms with van der Waals surface area (Å²) in [4.78, 5) is 27.8. The number of carbonyl (C=O) groups is 1. The van der Waals surface area contributed by atoms with E-state index in [1.54, 1.807) is 18.6 Å². The number of aromatic nitrogens is 3. The van der Waals surface area contributed by atoms with Gasteiger partial charge in [-0.05, 0) is 29.7 Å². The van der Waals surface area contributed by atoms with Crippen molar-refractivity contribution in [3.05, 3.63) is 89.9 Å². The van der Waals surface area contributed by atoms with Gasteiger partial charge >= 0.3 is 0 Å². The predicted molar refractivity (Wildman–Crippen MR) is 112 cm³/mol. The zero-order valence-electron chi connectivity index (χ0n) is 15.7.